The molecule has 0 aromatic heterocycles. The monoisotopic (exact) mass is 347 g/mol. The van der Waals surface area contributed by atoms with Crippen molar-refractivity contribution >= 4 is 17.6 Å². The number of unbranched alkanes of at least 4 members (excludes halogenated alkanes) is 7. The number of amides is 1. The third-order valence-corrected chi connectivity index (χ3v) is 4.28. The number of aryl methyl sites for hydroxylation is 1. The SMILES string of the molecule is CCCCCCCCCCOC(=O)C(=O)N(CC)c1cccc(C)c1. The lowest BCUT2D eigenvalue weighted by Crippen LogP contribution is -2.37. The minimum Gasteiger partial charge on any atom is -0.459 e. The number of rotatable bonds is 11. The molecule has 0 atom stereocenters. The number of hydrogen-bond acceptors (Lipinski definition) is 3. The summed E-state index contributed by atoms with van der Waals surface area (Å²) in [6.45, 7) is 6.79. The van der Waals surface area contributed by atoms with Crippen LogP contribution < -0.4 is 4.90 Å². The van der Waals surface area contributed by atoms with Crippen molar-refractivity contribution in [2.75, 3.05) is 18.1 Å². The van der Waals surface area contributed by atoms with Gasteiger partial charge in [-0.2, -0.15) is 0 Å². The zero-order chi connectivity index (χ0) is 18.5. The van der Waals surface area contributed by atoms with E-state index < -0.39 is 11.9 Å². The molecule has 0 aliphatic heterocycles. The molecule has 0 radical (unpaired) electrons. The van der Waals surface area contributed by atoms with Gasteiger partial charge in [0.15, 0.2) is 0 Å². The smallest absolute Gasteiger partial charge is 0.397 e. The standard InChI is InChI=1S/C21H33NO3/c1-4-6-7-8-9-10-11-12-16-25-21(24)20(23)22(5-2)19-15-13-14-18(3)17-19/h13-15,17H,4-12,16H2,1-3H3. The molecule has 0 saturated heterocycles. The van der Waals surface area contributed by atoms with Gasteiger partial charge in [-0.25, -0.2) is 4.79 Å². The zero-order valence-electron chi connectivity index (χ0n) is 16.1. The average Bonchev–Trinajstić information content (AvgIpc) is 2.60. The summed E-state index contributed by atoms with van der Waals surface area (Å²) in [5.41, 5.74) is 1.78. The van der Waals surface area contributed by atoms with Crippen molar-refractivity contribution in [2.45, 2.75) is 72.1 Å². The van der Waals surface area contributed by atoms with E-state index in [2.05, 4.69) is 6.92 Å². The second-order valence-corrected chi connectivity index (χ2v) is 6.50. The summed E-state index contributed by atoms with van der Waals surface area (Å²) in [5.74, 6) is -1.35. The molecule has 0 spiro atoms. The molecule has 25 heavy (non-hydrogen) atoms. The van der Waals surface area contributed by atoms with Crippen molar-refractivity contribution < 1.29 is 14.3 Å². The first-order valence-corrected chi connectivity index (χ1v) is 9.65. The lowest BCUT2D eigenvalue weighted by Gasteiger charge is -2.20. The third-order valence-electron chi connectivity index (χ3n) is 4.28. The maximum atomic E-state index is 12.3. The number of nitrogens with zero attached hydrogens (tertiary/aromatic N) is 1. The van der Waals surface area contributed by atoms with Crippen molar-refractivity contribution in [3.63, 3.8) is 0 Å². The van der Waals surface area contributed by atoms with Crippen molar-refractivity contribution in [1.29, 1.82) is 0 Å². The quantitative estimate of drug-likeness (QED) is 0.320. The molecule has 0 fully saturated rings. The van der Waals surface area contributed by atoms with Crippen molar-refractivity contribution in [3.8, 4) is 0 Å². The molecule has 0 unspecified atom stereocenters. The van der Waals surface area contributed by atoms with Gasteiger partial charge in [0, 0.05) is 12.2 Å². The molecule has 0 heterocycles. The van der Waals surface area contributed by atoms with Gasteiger partial charge in [0.2, 0.25) is 0 Å². The molecule has 1 rings (SSSR count). The zero-order valence-corrected chi connectivity index (χ0v) is 16.1. The first kappa shape index (κ1) is 21.2. The second-order valence-electron chi connectivity index (χ2n) is 6.50. The third kappa shape index (κ3) is 8.19. The van der Waals surface area contributed by atoms with Crippen LogP contribution in [0.25, 0.3) is 0 Å². The highest BCUT2D eigenvalue weighted by atomic mass is 16.5. The summed E-state index contributed by atoms with van der Waals surface area (Å²) in [7, 11) is 0. The Hall–Kier alpha value is -1.84. The number of anilines is 1. The Morgan fingerprint density at radius 2 is 1.60 bits per heavy atom. The first-order chi connectivity index (χ1) is 12.1. The van der Waals surface area contributed by atoms with E-state index in [0.29, 0.717) is 13.2 Å². The Balaban J connectivity index is 2.28. The summed E-state index contributed by atoms with van der Waals surface area (Å²) in [5, 5.41) is 0. The van der Waals surface area contributed by atoms with Crippen LogP contribution in [0.15, 0.2) is 24.3 Å². The van der Waals surface area contributed by atoms with Gasteiger partial charge in [0.05, 0.1) is 6.61 Å². The van der Waals surface area contributed by atoms with Crippen LogP contribution in [0.2, 0.25) is 0 Å². The van der Waals surface area contributed by atoms with Crippen LogP contribution in [0.3, 0.4) is 0 Å². The fourth-order valence-electron chi connectivity index (χ4n) is 2.81. The fourth-order valence-corrected chi connectivity index (χ4v) is 2.81. The lowest BCUT2D eigenvalue weighted by molar-refractivity contribution is -0.153. The van der Waals surface area contributed by atoms with Gasteiger partial charge in [0.1, 0.15) is 0 Å². The Bertz CT molecular complexity index is 528. The summed E-state index contributed by atoms with van der Waals surface area (Å²) in [6, 6.07) is 7.57. The van der Waals surface area contributed by atoms with Crippen LogP contribution in [0.5, 0.6) is 0 Å². The van der Waals surface area contributed by atoms with Gasteiger partial charge in [-0.3, -0.25) is 4.79 Å². The number of esters is 1. The minimum absolute atomic E-state index is 0.324. The molecule has 0 aliphatic rings. The molecule has 4 nitrogen and oxygen atoms in total. The van der Waals surface area contributed by atoms with E-state index in [-0.39, 0.29) is 0 Å². The van der Waals surface area contributed by atoms with E-state index in [1.54, 1.807) is 0 Å². The molecule has 1 aromatic carbocycles. The minimum atomic E-state index is -0.758. The second kappa shape index (κ2) is 12.5. The van der Waals surface area contributed by atoms with Gasteiger partial charge in [-0.05, 0) is 38.0 Å². The number of ether oxygens (including phenoxy) is 1. The fraction of sp³-hybridized carbons (Fsp3) is 0.619. The van der Waals surface area contributed by atoms with E-state index in [0.717, 1.165) is 24.1 Å². The number of benzene rings is 1. The van der Waals surface area contributed by atoms with E-state index in [1.165, 1.54) is 43.4 Å². The van der Waals surface area contributed by atoms with Gasteiger partial charge in [-0.1, -0.05) is 64.0 Å². The van der Waals surface area contributed by atoms with Crippen LogP contribution >= 0.6 is 0 Å². The number of likely N-dealkylation sites (N-methyl/N-ethyl adjacent to an activating group) is 1. The Morgan fingerprint density at radius 3 is 2.20 bits per heavy atom. The molecule has 140 valence electrons. The molecule has 1 amide bonds. The van der Waals surface area contributed by atoms with E-state index in [4.69, 9.17) is 4.74 Å². The largest absolute Gasteiger partial charge is 0.459 e. The predicted molar refractivity (Wildman–Crippen MR) is 103 cm³/mol. The highest BCUT2D eigenvalue weighted by Crippen LogP contribution is 2.16. The summed E-state index contributed by atoms with van der Waals surface area (Å²) in [6.07, 6.45) is 9.45. The molecule has 4 heteroatoms. The van der Waals surface area contributed by atoms with Crippen molar-refractivity contribution in [2.24, 2.45) is 0 Å². The van der Waals surface area contributed by atoms with E-state index >= 15 is 0 Å². The molecule has 0 aliphatic carbocycles. The Kier molecular flexibility index (Phi) is 10.6. The van der Waals surface area contributed by atoms with Crippen LogP contribution in [0.1, 0.15) is 70.8 Å². The van der Waals surface area contributed by atoms with Gasteiger partial charge in [0.25, 0.3) is 0 Å². The number of carbonyl (C=O) groups is 2. The lowest BCUT2D eigenvalue weighted by atomic mass is 10.1. The van der Waals surface area contributed by atoms with Crippen LogP contribution in [-0.4, -0.2) is 25.0 Å². The van der Waals surface area contributed by atoms with Crippen LogP contribution in [-0.2, 0) is 14.3 Å². The van der Waals surface area contributed by atoms with E-state index in [1.807, 2.05) is 38.1 Å². The van der Waals surface area contributed by atoms with Gasteiger partial charge < -0.3 is 9.64 Å². The predicted octanol–water partition coefficient (Wildman–Crippen LogP) is 5.03. The van der Waals surface area contributed by atoms with Crippen LogP contribution in [0, 0.1) is 6.92 Å². The van der Waals surface area contributed by atoms with Gasteiger partial charge >= 0.3 is 11.9 Å². The maximum Gasteiger partial charge on any atom is 0.397 e. The Morgan fingerprint density at radius 1 is 0.960 bits per heavy atom. The topological polar surface area (TPSA) is 46.6 Å². The summed E-state index contributed by atoms with van der Waals surface area (Å²) < 4.78 is 5.15. The summed E-state index contributed by atoms with van der Waals surface area (Å²) in [4.78, 5) is 25.8. The number of hydrogen-bond donors (Lipinski definition) is 0. The molecule has 0 saturated carbocycles. The molecular formula is C21H33NO3. The van der Waals surface area contributed by atoms with Crippen molar-refractivity contribution in [1.82, 2.24) is 0 Å². The van der Waals surface area contributed by atoms with Crippen molar-refractivity contribution in [3.05, 3.63) is 29.8 Å². The highest BCUT2D eigenvalue weighted by Gasteiger charge is 2.23. The molecule has 1 aromatic rings. The first-order valence-electron chi connectivity index (χ1n) is 9.65. The van der Waals surface area contributed by atoms with E-state index in [9.17, 15) is 9.59 Å². The number of carbonyl (C=O) groups excluding carboxylic acids is 2. The van der Waals surface area contributed by atoms with Gasteiger partial charge in [-0.15, -0.1) is 0 Å². The highest BCUT2D eigenvalue weighted by molar-refractivity contribution is 6.38. The maximum absolute atomic E-state index is 12.3. The molecular weight excluding hydrogens is 314 g/mol. The Labute approximate surface area is 152 Å². The average molecular weight is 347 g/mol. The molecule has 0 bridgehead atoms. The normalized spacial score (nSPS) is 10.5. The van der Waals surface area contributed by atoms with Crippen LogP contribution in [0.4, 0.5) is 5.69 Å². The molecule has 0 N–H and O–H groups in total. The summed E-state index contributed by atoms with van der Waals surface area (Å²) >= 11 is 0.